The number of carbonyl (C=O) groups is 2. The second-order valence-corrected chi connectivity index (χ2v) is 9.51. The molecular weight excluding hydrogens is 487 g/mol. The number of nitrogens with one attached hydrogen (secondary N) is 1. The molecule has 0 saturated heterocycles. The molecule has 0 bridgehead atoms. The first kappa shape index (κ1) is 27.2. The first-order chi connectivity index (χ1) is 17.3. The number of hydrogen-bond acceptors (Lipinski definition) is 6. The lowest BCUT2D eigenvalue weighted by Gasteiger charge is -2.29. The van der Waals surface area contributed by atoms with Gasteiger partial charge in [0.05, 0.1) is 12.2 Å². The van der Waals surface area contributed by atoms with Gasteiger partial charge in [-0.05, 0) is 54.4 Å². The molecule has 3 aromatic carbocycles. The van der Waals surface area contributed by atoms with Crippen molar-refractivity contribution in [2.24, 2.45) is 0 Å². The van der Waals surface area contributed by atoms with Gasteiger partial charge in [-0.1, -0.05) is 56.0 Å². The topological polar surface area (TPSA) is 73.9 Å². The van der Waals surface area contributed by atoms with E-state index in [9.17, 15) is 9.59 Å². The monoisotopic (exact) mass is 515 g/mol. The second kappa shape index (κ2) is 12.6. The normalized spacial score (nSPS) is 13.0. The molecule has 0 aliphatic carbocycles. The van der Waals surface area contributed by atoms with Gasteiger partial charge < -0.3 is 14.0 Å². The molecule has 0 heterocycles. The quantitative estimate of drug-likeness (QED) is 0.167. The number of carbonyl (C=O) groups excluding carboxylic acids is 2. The van der Waals surface area contributed by atoms with E-state index >= 15 is 8.78 Å². The summed E-state index contributed by atoms with van der Waals surface area (Å²) in [7, 11) is -2.71. The zero-order valence-corrected chi connectivity index (χ0v) is 21.0. The summed E-state index contributed by atoms with van der Waals surface area (Å²) >= 11 is 0. The van der Waals surface area contributed by atoms with E-state index < -0.39 is 31.9 Å². The number of rotatable bonds is 12. The van der Waals surface area contributed by atoms with E-state index in [1.165, 1.54) is 31.2 Å². The van der Waals surface area contributed by atoms with Gasteiger partial charge in [0, 0.05) is 5.56 Å². The van der Waals surface area contributed by atoms with Crippen molar-refractivity contribution in [2.75, 3.05) is 13.2 Å². The first-order valence-electron chi connectivity index (χ1n) is 11.4. The van der Waals surface area contributed by atoms with Crippen LogP contribution in [0.1, 0.15) is 36.2 Å². The van der Waals surface area contributed by atoms with Gasteiger partial charge in [0.1, 0.15) is 18.4 Å². The number of esters is 2. The first-order valence-corrected chi connectivity index (χ1v) is 12.7. The Hall–Kier alpha value is -3.35. The predicted molar refractivity (Wildman–Crippen MR) is 136 cm³/mol. The number of alkyl halides is 2. The van der Waals surface area contributed by atoms with Crippen molar-refractivity contribution >= 4 is 31.0 Å². The number of fused-ring (bicyclic) bond motifs is 1. The van der Waals surface area contributed by atoms with Crippen LogP contribution in [-0.2, 0) is 19.9 Å². The second-order valence-electron chi connectivity index (χ2n) is 7.92. The molecule has 9 heteroatoms. The molecule has 36 heavy (non-hydrogen) atoms. The number of para-hydroxylation sites is 1. The van der Waals surface area contributed by atoms with E-state index in [0.717, 1.165) is 0 Å². The minimum absolute atomic E-state index is 0.0423. The molecule has 6 nitrogen and oxygen atoms in total. The Balaban J connectivity index is 1.94. The zero-order chi connectivity index (χ0) is 26.1. The van der Waals surface area contributed by atoms with Crippen molar-refractivity contribution in [1.82, 2.24) is 5.09 Å². The summed E-state index contributed by atoms with van der Waals surface area (Å²) < 4.78 is 47.7. The Morgan fingerprint density at radius 2 is 1.78 bits per heavy atom. The van der Waals surface area contributed by atoms with Crippen LogP contribution >= 0.6 is 8.30 Å². The highest BCUT2D eigenvalue weighted by molar-refractivity contribution is 7.51. The molecule has 0 fully saturated rings. The fourth-order valence-electron chi connectivity index (χ4n) is 3.20. The van der Waals surface area contributed by atoms with Gasteiger partial charge in [0.2, 0.25) is 8.30 Å². The van der Waals surface area contributed by atoms with Gasteiger partial charge in [-0.3, -0.25) is 4.79 Å². The van der Waals surface area contributed by atoms with Crippen LogP contribution in [0.3, 0.4) is 0 Å². The SMILES string of the molecule is C=CCOC(=O)c1ccc2ccc(C(F)(F)P(NC(C)C(=O)OCCC)Oc3ccccc3)cc2c1. The molecule has 1 N–H and O–H groups in total. The lowest BCUT2D eigenvalue weighted by molar-refractivity contribution is -0.145. The maximum Gasteiger partial charge on any atom is 0.339 e. The summed E-state index contributed by atoms with van der Waals surface area (Å²) in [6.45, 7) is 7.04. The van der Waals surface area contributed by atoms with Crippen LogP contribution in [0.2, 0.25) is 0 Å². The van der Waals surface area contributed by atoms with Crippen LogP contribution in [0.15, 0.2) is 79.4 Å². The third kappa shape index (κ3) is 6.86. The molecule has 0 saturated carbocycles. The van der Waals surface area contributed by atoms with Crippen LogP contribution < -0.4 is 9.61 Å². The molecule has 0 spiro atoms. The fourth-order valence-corrected chi connectivity index (χ4v) is 4.70. The predicted octanol–water partition coefficient (Wildman–Crippen LogP) is 6.55. The molecule has 2 unspecified atom stereocenters. The van der Waals surface area contributed by atoms with E-state index in [0.29, 0.717) is 17.2 Å². The summed E-state index contributed by atoms with van der Waals surface area (Å²) in [5.41, 5.74) is -3.59. The number of ether oxygens (including phenoxy) is 2. The largest absolute Gasteiger partial charge is 0.465 e. The number of halogens is 2. The van der Waals surface area contributed by atoms with E-state index in [4.69, 9.17) is 14.0 Å². The van der Waals surface area contributed by atoms with Crippen molar-refractivity contribution < 1.29 is 32.4 Å². The van der Waals surface area contributed by atoms with Crippen LogP contribution in [0.5, 0.6) is 5.75 Å². The van der Waals surface area contributed by atoms with Gasteiger partial charge >= 0.3 is 17.6 Å². The van der Waals surface area contributed by atoms with Gasteiger partial charge in [0.15, 0.2) is 0 Å². The molecule has 190 valence electrons. The Bertz CT molecular complexity index is 1210. The van der Waals surface area contributed by atoms with Crippen molar-refractivity contribution in [1.29, 1.82) is 0 Å². The minimum Gasteiger partial charge on any atom is -0.465 e. The third-order valence-corrected chi connectivity index (χ3v) is 6.85. The highest BCUT2D eigenvalue weighted by Crippen LogP contribution is 2.56. The molecule has 3 aromatic rings. The van der Waals surface area contributed by atoms with Crippen LogP contribution in [-0.4, -0.2) is 31.2 Å². The van der Waals surface area contributed by atoms with E-state index in [2.05, 4.69) is 11.7 Å². The Kier molecular flexibility index (Phi) is 9.51. The van der Waals surface area contributed by atoms with Crippen LogP contribution in [0.4, 0.5) is 8.78 Å². The van der Waals surface area contributed by atoms with Crippen molar-refractivity contribution in [2.45, 2.75) is 32.0 Å². The molecule has 2 atom stereocenters. The molecule has 0 aliphatic heterocycles. The van der Waals surface area contributed by atoms with Crippen LogP contribution in [0, 0.1) is 0 Å². The Morgan fingerprint density at radius 1 is 1.06 bits per heavy atom. The Labute approximate surface area is 210 Å². The average Bonchev–Trinajstić information content (AvgIpc) is 2.89. The van der Waals surface area contributed by atoms with Crippen LogP contribution in [0.25, 0.3) is 10.8 Å². The molecular formula is C27H28F2NO5P. The van der Waals surface area contributed by atoms with Gasteiger partial charge in [-0.2, -0.15) is 8.78 Å². The van der Waals surface area contributed by atoms with Gasteiger partial charge in [-0.25, -0.2) is 9.88 Å². The van der Waals surface area contributed by atoms with E-state index in [-0.39, 0.29) is 30.1 Å². The molecule has 0 amide bonds. The van der Waals surface area contributed by atoms with Crippen molar-refractivity contribution in [3.63, 3.8) is 0 Å². The average molecular weight is 515 g/mol. The summed E-state index contributed by atoms with van der Waals surface area (Å²) in [4.78, 5) is 24.5. The van der Waals surface area contributed by atoms with Gasteiger partial charge in [0.25, 0.3) is 0 Å². The highest BCUT2D eigenvalue weighted by atomic mass is 31.2. The van der Waals surface area contributed by atoms with Crippen molar-refractivity contribution in [3.05, 3.63) is 90.5 Å². The lowest BCUT2D eigenvalue weighted by atomic mass is 10.0. The molecule has 3 rings (SSSR count). The summed E-state index contributed by atoms with van der Waals surface area (Å²) in [6.07, 6.45) is 2.06. The van der Waals surface area contributed by atoms with Gasteiger partial charge in [-0.15, -0.1) is 0 Å². The molecule has 0 aliphatic rings. The number of hydrogen-bond donors (Lipinski definition) is 1. The zero-order valence-electron chi connectivity index (χ0n) is 20.1. The number of benzene rings is 3. The lowest BCUT2D eigenvalue weighted by Crippen LogP contribution is -2.36. The summed E-state index contributed by atoms with van der Waals surface area (Å²) in [5.74, 6) is -0.985. The third-order valence-electron chi connectivity index (χ3n) is 5.06. The van der Waals surface area contributed by atoms with E-state index in [1.54, 1.807) is 48.5 Å². The Morgan fingerprint density at radius 3 is 2.47 bits per heavy atom. The smallest absolute Gasteiger partial charge is 0.339 e. The summed E-state index contributed by atoms with van der Waals surface area (Å²) in [5, 5.41) is 3.76. The maximum atomic E-state index is 15.9. The minimum atomic E-state index is -3.50. The molecule has 0 aromatic heterocycles. The van der Waals surface area contributed by atoms with E-state index in [1.807, 2.05) is 6.92 Å². The summed E-state index contributed by atoms with van der Waals surface area (Å²) in [6, 6.07) is 16.1. The highest BCUT2D eigenvalue weighted by Gasteiger charge is 2.46. The fraction of sp³-hybridized carbons (Fsp3) is 0.259. The van der Waals surface area contributed by atoms with Crippen molar-refractivity contribution in [3.8, 4) is 5.75 Å². The standard InChI is InChI=1S/C27H28F2NO5P/c1-4-15-33-25(31)19(3)30-36(35-24-9-7-6-8-10-24)27(28,29)23-14-13-20-11-12-21(17-22(20)18-23)26(32)34-16-5-2/h5-14,17-19,30H,2,4,15-16H2,1,3H3. The molecule has 0 radical (unpaired) electrons. The maximum absolute atomic E-state index is 15.9.